The van der Waals surface area contributed by atoms with E-state index in [0.29, 0.717) is 13.4 Å². The summed E-state index contributed by atoms with van der Waals surface area (Å²) in [6.45, 7) is 4.69. The molecule has 1 N–H and O–H groups in total. The molecule has 0 aromatic heterocycles. The Morgan fingerprint density at radius 2 is 1.94 bits per heavy atom. The molecule has 1 aromatic rings. The fourth-order valence-electron chi connectivity index (χ4n) is 1.32. The van der Waals surface area contributed by atoms with Gasteiger partial charge in [0.15, 0.2) is 6.79 Å². The standard InChI is InChI=1S/C13H20O3/c1-3-15-10-16-13-8-6-12(7-9-13)5-4-11(2)14/h6-9,11,14H,3-5,10H2,1-2H3. The van der Waals surface area contributed by atoms with Gasteiger partial charge in [-0.3, -0.25) is 0 Å². The van der Waals surface area contributed by atoms with Gasteiger partial charge in [0.2, 0.25) is 0 Å². The number of aryl methyl sites for hydroxylation is 1. The van der Waals surface area contributed by atoms with Crippen molar-refractivity contribution in [1.82, 2.24) is 0 Å². The normalized spacial score (nSPS) is 12.4. The number of ether oxygens (including phenoxy) is 2. The van der Waals surface area contributed by atoms with Crippen LogP contribution in [-0.4, -0.2) is 24.6 Å². The smallest absolute Gasteiger partial charge is 0.189 e. The van der Waals surface area contributed by atoms with E-state index in [9.17, 15) is 5.11 Å². The summed E-state index contributed by atoms with van der Waals surface area (Å²) in [5.41, 5.74) is 1.21. The fraction of sp³-hybridized carbons (Fsp3) is 0.538. The van der Waals surface area contributed by atoms with Crippen molar-refractivity contribution >= 4 is 0 Å². The monoisotopic (exact) mass is 224 g/mol. The van der Waals surface area contributed by atoms with Crippen LogP contribution in [0, 0.1) is 0 Å². The van der Waals surface area contributed by atoms with Crippen LogP contribution in [0.3, 0.4) is 0 Å². The number of hydrogen-bond acceptors (Lipinski definition) is 3. The minimum atomic E-state index is -0.242. The van der Waals surface area contributed by atoms with Gasteiger partial charge in [-0.2, -0.15) is 0 Å². The Morgan fingerprint density at radius 1 is 1.25 bits per heavy atom. The fourth-order valence-corrected chi connectivity index (χ4v) is 1.32. The SMILES string of the molecule is CCOCOc1ccc(CCC(C)O)cc1. The Morgan fingerprint density at radius 3 is 2.50 bits per heavy atom. The minimum Gasteiger partial charge on any atom is -0.468 e. The second-order valence-electron chi connectivity index (χ2n) is 3.79. The molecule has 16 heavy (non-hydrogen) atoms. The molecule has 90 valence electrons. The third kappa shape index (κ3) is 5.14. The van der Waals surface area contributed by atoms with Gasteiger partial charge >= 0.3 is 0 Å². The highest BCUT2D eigenvalue weighted by atomic mass is 16.7. The van der Waals surface area contributed by atoms with Crippen LogP contribution in [0.2, 0.25) is 0 Å². The summed E-state index contributed by atoms with van der Waals surface area (Å²) in [5, 5.41) is 9.17. The highest BCUT2D eigenvalue weighted by Gasteiger charge is 1.99. The quantitative estimate of drug-likeness (QED) is 0.571. The molecule has 1 aromatic carbocycles. The second-order valence-corrected chi connectivity index (χ2v) is 3.79. The van der Waals surface area contributed by atoms with E-state index in [1.807, 2.05) is 31.2 Å². The van der Waals surface area contributed by atoms with Gasteiger partial charge in [-0.05, 0) is 44.4 Å². The van der Waals surface area contributed by atoms with Crippen molar-refractivity contribution in [3.63, 3.8) is 0 Å². The van der Waals surface area contributed by atoms with Gasteiger partial charge in [0.1, 0.15) is 5.75 Å². The van der Waals surface area contributed by atoms with Gasteiger partial charge in [0.25, 0.3) is 0 Å². The molecule has 1 rings (SSSR count). The molecule has 0 bridgehead atoms. The molecule has 1 atom stereocenters. The predicted octanol–water partition coefficient (Wildman–Crippen LogP) is 2.37. The molecular formula is C13H20O3. The zero-order valence-corrected chi connectivity index (χ0v) is 9.98. The van der Waals surface area contributed by atoms with Crippen LogP contribution in [-0.2, 0) is 11.2 Å². The second kappa shape index (κ2) is 7.25. The van der Waals surface area contributed by atoms with Gasteiger partial charge in [-0.25, -0.2) is 0 Å². The lowest BCUT2D eigenvalue weighted by atomic mass is 10.1. The highest BCUT2D eigenvalue weighted by Crippen LogP contribution is 2.13. The van der Waals surface area contributed by atoms with E-state index in [2.05, 4.69) is 0 Å². The molecule has 0 saturated heterocycles. The molecule has 0 fully saturated rings. The van der Waals surface area contributed by atoms with E-state index >= 15 is 0 Å². The van der Waals surface area contributed by atoms with Crippen molar-refractivity contribution in [3.05, 3.63) is 29.8 Å². The lowest BCUT2D eigenvalue weighted by molar-refractivity contribution is 0.0224. The molecule has 1 unspecified atom stereocenters. The van der Waals surface area contributed by atoms with Crippen LogP contribution in [0.5, 0.6) is 5.75 Å². The molecule has 0 amide bonds. The van der Waals surface area contributed by atoms with Crippen molar-refractivity contribution in [3.8, 4) is 5.75 Å². The van der Waals surface area contributed by atoms with Crippen LogP contribution in [0.25, 0.3) is 0 Å². The summed E-state index contributed by atoms with van der Waals surface area (Å²) in [5.74, 6) is 0.814. The lowest BCUT2D eigenvalue weighted by Gasteiger charge is -2.07. The molecule has 0 aliphatic heterocycles. The summed E-state index contributed by atoms with van der Waals surface area (Å²) in [4.78, 5) is 0. The van der Waals surface area contributed by atoms with Gasteiger partial charge in [-0.1, -0.05) is 12.1 Å². The molecule has 0 aliphatic rings. The number of benzene rings is 1. The third-order valence-corrected chi connectivity index (χ3v) is 2.29. The Kier molecular flexibility index (Phi) is 5.90. The first-order valence-electron chi connectivity index (χ1n) is 5.70. The minimum absolute atomic E-state index is 0.242. The molecule has 0 spiro atoms. The van der Waals surface area contributed by atoms with Crippen molar-refractivity contribution in [2.45, 2.75) is 32.8 Å². The number of hydrogen-bond donors (Lipinski definition) is 1. The van der Waals surface area contributed by atoms with Crippen LogP contribution in [0.4, 0.5) is 0 Å². The molecule has 0 saturated carbocycles. The number of aliphatic hydroxyl groups excluding tert-OH is 1. The maximum absolute atomic E-state index is 9.17. The first-order valence-corrected chi connectivity index (χ1v) is 5.70. The van der Waals surface area contributed by atoms with Crippen molar-refractivity contribution in [2.24, 2.45) is 0 Å². The van der Waals surface area contributed by atoms with Gasteiger partial charge in [-0.15, -0.1) is 0 Å². The molecule has 0 radical (unpaired) electrons. The molecule has 3 heteroatoms. The maximum Gasteiger partial charge on any atom is 0.189 e. The molecule has 0 heterocycles. The molecular weight excluding hydrogens is 204 g/mol. The first kappa shape index (κ1) is 13.0. The summed E-state index contributed by atoms with van der Waals surface area (Å²) >= 11 is 0. The topological polar surface area (TPSA) is 38.7 Å². The average molecular weight is 224 g/mol. The van der Waals surface area contributed by atoms with E-state index in [-0.39, 0.29) is 6.10 Å². The Bertz CT molecular complexity index is 280. The van der Waals surface area contributed by atoms with Gasteiger partial charge < -0.3 is 14.6 Å². The maximum atomic E-state index is 9.17. The summed E-state index contributed by atoms with van der Waals surface area (Å²) in [6.07, 6.45) is 1.44. The predicted molar refractivity (Wildman–Crippen MR) is 63.6 cm³/mol. The van der Waals surface area contributed by atoms with Crippen molar-refractivity contribution < 1.29 is 14.6 Å². The Balaban J connectivity index is 2.35. The summed E-state index contributed by atoms with van der Waals surface area (Å²) < 4.78 is 10.4. The summed E-state index contributed by atoms with van der Waals surface area (Å²) in [6, 6.07) is 7.89. The Hall–Kier alpha value is -1.06. The van der Waals surface area contributed by atoms with Crippen molar-refractivity contribution in [2.75, 3.05) is 13.4 Å². The van der Waals surface area contributed by atoms with E-state index in [1.165, 1.54) is 5.56 Å². The third-order valence-electron chi connectivity index (χ3n) is 2.29. The average Bonchev–Trinajstić information content (AvgIpc) is 2.28. The van der Waals surface area contributed by atoms with E-state index in [4.69, 9.17) is 9.47 Å². The van der Waals surface area contributed by atoms with Gasteiger partial charge in [0.05, 0.1) is 6.10 Å². The zero-order valence-electron chi connectivity index (χ0n) is 9.98. The number of aliphatic hydroxyl groups is 1. The van der Waals surface area contributed by atoms with E-state index in [0.717, 1.165) is 18.6 Å². The first-order chi connectivity index (χ1) is 7.72. The number of rotatable bonds is 7. The van der Waals surface area contributed by atoms with Crippen LogP contribution < -0.4 is 4.74 Å². The molecule has 3 nitrogen and oxygen atoms in total. The molecule has 0 aliphatic carbocycles. The Labute approximate surface area is 97.0 Å². The highest BCUT2D eigenvalue weighted by molar-refractivity contribution is 5.27. The van der Waals surface area contributed by atoms with E-state index in [1.54, 1.807) is 6.92 Å². The zero-order chi connectivity index (χ0) is 11.8. The lowest BCUT2D eigenvalue weighted by Crippen LogP contribution is -2.03. The van der Waals surface area contributed by atoms with Crippen LogP contribution in [0.15, 0.2) is 24.3 Å². The summed E-state index contributed by atoms with van der Waals surface area (Å²) in [7, 11) is 0. The van der Waals surface area contributed by atoms with Crippen LogP contribution >= 0.6 is 0 Å². The van der Waals surface area contributed by atoms with Crippen LogP contribution in [0.1, 0.15) is 25.8 Å². The largest absolute Gasteiger partial charge is 0.468 e. The van der Waals surface area contributed by atoms with Gasteiger partial charge in [0, 0.05) is 6.61 Å². The van der Waals surface area contributed by atoms with Crippen molar-refractivity contribution in [1.29, 1.82) is 0 Å². The van der Waals surface area contributed by atoms with E-state index < -0.39 is 0 Å².